The van der Waals surface area contributed by atoms with E-state index in [1.165, 1.54) is 33.4 Å². The zero-order chi connectivity index (χ0) is 28.1. The van der Waals surface area contributed by atoms with Crippen LogP contribution in [0.1, 0.15) is 85.0 Å². The number of allylic oxidation sites excluding steroid dienone is 4. The molecule has 3 heteroatoms. The van der Waals surface area contributed by atoms with E-state index in [1.807, 2.05) is 0 Å². The van der Waals surface area contributed by atoms with E-state index in [1.54, 1.807) is 17.6 Å². The Balaban J connectivity index is 0.00000202. The van der Waals surface area contributed by atoms with Gasteiger partial charge in [0.25, 0.3) is 0 Å². The van der Waals surface area contributed by atoms with Gasteiger partial charge in [-0.15, -0.1) is 0 Å². The van der Waals surface area contributed by atoms with E-state index >= 15 is 0 Å². The van der Waals surface area contributed by atoms with Crippen LogP contribution >= 0.6 is 0 Å². The number of benzene rings is 4. The van der Waals surface area contributed by atoms with Crippen LogP contribution in [0.3, 0.4) is 0 Å². The van der Waals surface area contributed by atoms with Gasteiger partial charge in [0.2, 0.25) is 0 Å². The normalized spacial score (nSPS) is 13.7. The predicted octanol–water partition coefficient (Wildman–Crippen LogP) is 4.09. The van der Waals surface area contributed by atoms with Gasteiger partial charge in [0, 0.05) is 0 Å². The Bertz CT molecular complexity index is 1560. The van der Waals surface area contributed by atoms with E-state index in [-0.39, 0.29) is 35.6 Å². The molecule has 0 bridgehead atoms. The minimum Gasteiger partial charge on any atom is -1.00 e. The van der Waals surface area contributed by atoms with Crippen LogP contribution in [0.25, 0.3) is 11.1 Å². The molecular weight excluding hydrogens is 631 g/mol. The molecule has 0 unspecified atom stereocenters. The number of hydrogen-bond acceptors (Lipinski definition) is 0. The second kappa shape index (κ2) is 12.7. The minimum atomic E-state index is -2.61. The summed E-state index contributed by atoms with van der Waals surface area (Å²) in [6.07, 6.45) is 8.21. The van der Waals surface area contributed by atoms with E-state index in [4.69, 9.17) is 0 Å². The van der Waals surface area contributed by atoms with Crippen LogP contribution in [0, 0.1) is 0 Å². The first kappa shape index (κ1) is 32.6. The van der Waals surface area contributed by atoms with Crippen LogP contribution in [-0.2, 0) is 32.1 Å². The third-order valence-electron chi connectivity index (χ3n) is 8.55. The molecule has 0 spiro atoms. The van der Waals surface area contributed by atoms with Crippen molar-refractivity contribution in [2.45, 2.75) is 62.4 Å². The number of rotatable bonds is 4. The van der Waals surface area contributed by atoms with Gasteiger partial charge in [-0.05, 0) is 0 Å². The topological polar surface area (TPSA) is 0 Å². The van der Waals surface area contributed by atoms with Gasteiger partial charge in [-0.2, -0.15) is 0 Å². The molecular formula is C39H40Cl2Zr. The van der Waals surface area contributed by atoms with Gasteiger partial charge < -0.3 is 24.8 Å². The molecule has 0 saturated carbocycles. The Morgan fingerprint density at radius 2 is 1.07 bits per heavy atom. The molecule has 0 N–H and O–H groups in total. The van der Waals surface area contributed by atoms with Gasteiger partial charge in [0.15, 0.2) is 0 Å². The summed E-state index contributed by atoms with van der Waals surface area (Å²) in [7, 11) is 0. The molecule has 0 atom stereocenters. The zero-order valence-electron chi connectivity index (χ0n) is 25.5. The van der Waals surface area contributed by atoms with E-state index in [0.29, 0.717) is 3.63 Å². The summed E-state index contributed by atoms with van der Waals surface area (Å²) in [5, 5.41) is 0. The Morgan fingerprint density at radius 3 is 1.45 bits per heavy atom. The number of halogens is 2. The minimum absolute atomic E-state index is 0. The van der Waals surface area contributed by atoms with E-state index in [0.717, 1.165) is 6.42 Å². The monoisotopic (exact) mass is 668 g/mol. The molecule has 6 rings (SSSR count). The zero-order valence-corrected chi connectivity index (χ0v) is 29.5. The molecule has 42 heavy (non-hydrogen) atoms. The molecule has 0 radical (unpaired) electrons. The van der Waals surface area contributed by atoms with E-state index in [2.05, 4.69) is 157 Å². The maximum Gasteiger partial charge on any atom is -1.00 e. The number of hydrogen-bond donors (Lipinski definition) is 0. The molecule has 4 aromatic carbocycles. The van der Waals surface area contributed by atoms with Crippen molar-refractivity contribution in [1.82, 2.24) is 0 Å². The maximum atomic E-state index is 2.52. The van der Waals surface area contributed by atoms with Crippen molar-refractivity contribution < 1.29 is 46.1 Å². The second-order valence-corrected chi connectivity index (χ2v) is 19.6. The molecule has 4 aromatic rings. The molecule has 0 heterocycles. The fourth-order valence-corrected chi connectivity index (χ4v) is 15.4. The van der Waals surface area contributed by atoms with Crippen molar-refractivity contribution in [3.05, 3.63) is 152 Å². The summed E-state index contributed by atoms with van der Waals surface area (Å²) >= 11 is -2.61. The summed E-state index contributed by atoms with van der Waals surface area (Å²) in [5.41, 5.74) is 11.8. The third-order valence-corrected chi connectivity index (χ3v) is 16.9. The number of fused-ring (bicyclic) bond motifs is 3. The fraction of sp³-hybridized carbons (Fsp3) is 0.256. The molecule has 0 aliphatic heterocycles. The van der Waals surface area contributed by atoms with Crippen LogP contribution in [-0.4, -0.2) is 3.21 Å². The molecule has 0 nitrogen and oxygen atoms in total. The van der Waals surface area contributed by atoms with Gasteiger partial charge in [-0.25, -0.2) is 0 Å². The molecule has 0 fully saturated rings. The SMILES string of the molecule is CC(C)(C)c1ccc2c(c1)-c1cc(C(C)(C)C)ccc1[CH]2[Zr+2]([C]1=CC=CC1)=[C](c1ccccc1)c1ccccc1.[Cl-].[Cl-]. The van der Waals surface area contributed by atoms with Crippen molar-refractivity contribution >= 4 is 3.21 Å². The van der Waals surface area contributed by atoms with E-state index in [9.17, 15) is 0 Å². The van der Waals surface area contributed by atoms with Gasteiger partial charge in [0.1, 0.15) is 0 Å². The van der Waals surface area contributed by atoms with Crippen molar-refractivity contribution in [1.29, 1.82) is 0 Å². The summed E-state index contributed by atoms with van der Waals surface area (Å²) in [4.78, 5) is 0. The van der Waals surface area contributed by atoms with Gasteiger partial charge in [0.05, 0.1) is 0 Å². The molecule has 2 aliphatic carbocycles. The fourth-order valence-electron chi connectivity index (χ4n) is 6.32. The largest absolute Gasteiger partial charge is 1.00 e. The van der Waals surface area contributed by atoms with Crippen molar-refractivity contribution in [2.24, 2.45) is 0 Å². The first-order valence-electron chi connectivity index (χ1n) is 14.6. The van der Waals surface area contributed by atoms with Crippen molar-refractivity contribution in [3.8, 4) is 11.1 Å². The molecule has 0 amide bonds. The Labute approximate surface area is 273 Å². The van der Waals surface area contributed by atoms with Crippen molar-refractivity contribution in [3.63, 3.8) is 0 Å². The molecule has 0 saturated heterocycles. The van der Waals surface area contributed by atoms with Crippen LogP contribution < -0.4 is 24.8 Å². The standard InChI is InChI=1S/C21H25.C13H10.C5H5.2ClH.Zr/c1-20(2,3)16-9-7-14-11-15-8-10-17(21(4,5)6)13-19(15)18(14)12-16;1-3-7-12(8-4-1)11-13-9-5-2-6-10-13;1-2-4-5-3-1;;;/h7-13H,1-6H3;1-10H;1-3H,4H2;2*1H;/q;;;;;+2/p-2. The molecule has 0 aromatic heterocycles. The summed E-state index contributed by atoms with van der Waals surface area (Å²) < 4.78 is 3.74. The molecule has 214 valence electrons. The van der Waals surface area contributed by atoms with Gasteiger partial charge in [-0.1, -0.05) is 0 Å². The Hall–Kier alpha value is -2.31. The van der Waals surface area contributed by atoms with Gasteiger partial charge >= 0.3 is 250 Å². The van der Waals surface area contributed by atoms with Gasteiger partial charge in [-0.3, -0.25) is 0 Å². The van der Waals surface area contributed by atoms with Crippen molar-refractivity contribution in [2.75, 3.05) is 0 Å². The maximum absolute atomic E-state index is 2.61. The van der Waals surface area contributed by atoms with Crippen LogP contribution in [0.15, 0.2) is 119 Å². The molecule has 2 aliphatic rings. The first-order chi connectivity index (χ1) is 19.1. The smallest absolute Gasteiger partial charge is 1.00 e. The predicted molar refractivity (Wildman–Crippen MR) is 169 cm³/mol. The van der Waals surface area contributed by atoms with E-state index < -0.39 is 21.3 Å². The summed E-state index contributed by atoms with van der Waals surface area (Å²) in [6, 6.07) is 37.4. The van der Waals surface area contributed by atoms with Crippen LogP contribution in [0.2, 0.25) is 0 Å². The second-order valence-electron chi connectivity index (χ2n) is 13.4. The summed E-state index contributed by atoms with van der Waals surface area (Å²) in [5.74, 6) is 0. The average Bonchev–Trinajstić information content (AvgIpc) is 3.58. The average molecular weight is 671 g/mol. The first-order valence-corrected chi connectivity index (χ1v) is 18.5. The van der Waals surface area contributed by atoms with Crippen LogP contribution in [0.5, 0.6) is 0 Å². The summed E-state index contributed by atoms with van der Waals surface area (Å²) in [6.45, 7) is 14.0. The Kier molecular flexibility index (Phi) is 9.89. The van der Waals surface area contributed by atoms with Crippen LogP contribution in [0.4, 0.5) is 0 Å². The third kappa shape index (κ3) is 6.17. The Morgan fingerprint density at radius 1 is 0.619 bits per heavy atom. The quantitative estimate of drug-likeness (QED) is 0.307.